The van der Waals surface area contributed by atoms with Crippen molar-refractivity contribution < 1.29 is 9.47 Å². The molecule has 3 heterocycles. The number of aromatic nitrogens is 4. The highest BCUT2D eigenvalue weighted by Crippen LogP contribution is 2.35. The van der Waals surface area contributed by atoms with E-state index in [0.717, 1.165) is 65.3 Å². The second-order valence-corrected chi connectivity index (χ2v) is 9.65. The third kappa shape index (κ3) is 4.56. The molecule has 1 aliphatic carbocycles. The summed E-state index contributed by atoms with van der Waals surface area (Å²) in [5.74, 6) is 0.628. The maximum absolute atomic E-state index is 13.3. The molecule has 3 aromatic heterocycles. The highest BCUT2D eigenvalue weighted by molar-refractivity contribution is 6.04. The van der Waals surface area contributed by atoms with E-state index in [1.165, 1.54) is 0 Å². The molecular formula is C27H33N5O3. The van der Waals surface area contributed by atoms with E-state index >= 15 is 0 Å². The number of nitrogens with zero attached hydrogens (tertiary/aromatic N) is 5. The average molecular weight is 476 g/mol. The van der Waals surface area contributed by atoms with E-state index in [1.807, 2.05) is 42.2 Å². The minimum atomic E-state index is -0.00103. The predicted octanol–water partition coefficient (Wildman–Crippen LogP) is 4.02. The van der Waals surface area contributed by atoms with Crippen LogP contribution in [0, 0.1) is 0 Å². The Bertz CT molecular complexity index is 1390. The molecule has 0 unspecified atom stereocenters. The lowest BCUT2D eigenvalue weighted by Gasteiger charge is -2.14. The Morgan fingerprint density at radius 2 is 1.91 bits per heavy atom. The fourth-order valence-corrected chi connectivity index (χ4v) is 5.11. The van der Waals surface area contributed by atoms with Crippen molar-refractivity contribution in [2.24, 2.45) is 7.05 Å². The summed E-state index contributed by atoms with van der Waals surface area (Å²) in [6.45, 7) is 1.62. The van der Waals surface area contributed by atoms with Crippen LogP contribution in [-0.4, -0.2) is 64.5 Å². The Hall–Kier alpha value is -3.23. The lowest BCUT2D eigenvalue weighted by Crippen LogP contribution is -2.25. The number of fused-ring (bicyclic) bond motifs is 3. The molecule has 4 aromatic rings. The molecule has 2 atom stereocenters. The van der Waals surface area contributed by atoms with Crippen LogP contribution in [0.25, 0.3) is 33.1 Å². The van der Waals surface area contributed by atoms with Gasteiger partial charge in [0.25, 0.3) is 0 Å². The summed E-state index contributed by atoms with van der Waals surface area (Å²) < 4.78 is 15.0. The number of hydrogen-bond acceptors (Lipinski definition) is 6. The first-order valence-corrected chi connectivity index (χ1v) is 12.2. The molecule has 35 heavy (non-hydrogen) atoms. The zero-order chi connectivity index (χ0) is 24.5. The van der Waals surface area contributed by atoms with Gasteiger partial charge in [0.15, 0.2) is 0 Å². The number of hydrogen-bond donors (Lipinski definition) is 0. The highest BCUT2D eigenvalue weighted by atomic mass is 16.5. The van der Waals surface area contributed by atoms with Gasteiger partial charge in [-0.1, -0.05) is 6.07 Å². The van der Waals surface area contributed by atoms with E-state index in [4.69, 9.17) is 9.47 Å². The topological polar surface area (TPSA) is 74.4 Å². The van der Waals surface area contributed by atoms with Gasteiger partial charge in [-0.05, 0) is 63.5 Å². The molecule has 184 valence electrons. The molecule has 0 radical (unpaired) electrons. The van der Waals surface area contributed by atoms with Gasteiger partial charge < -0.3 is 14.4 Å². The summed E-state index contributed by atoms with van der Waals surface area (Å²) in [6.07, 6.45) is 7.54. The van der Waals surface area contributed by atoms with E-state index in [1.54, 1.807) is 11.7 Å². The van der Waals surface area contributed by atoms with E-state index in [9.17, 15) is 4.79 Å². The molecule has 0 saturated heterocycles. The summed E-state index contributed by atoms with van der Waals surface area (Å²) in [7, 11) is 7.68. The first kappa shape index (κ1) is 23.5. The Labute approximate surface area is 205 Å². The number of methoxy groups -OCH3 is 1. The molecule has 1 saturated carbocycles. The second kappa shape index (κ2) is 9.79. The minimum absolute atomic E-state index is 0.00103. The molecule has 8 nitrogen and oxygen atoms in total. The van der Waals surface area contributed by atoms with Crippen molar-refractivity contribution >= 4 is 21.9 Å². The van der Waals surface area contributed by atoms with Crippen LogP contribution in [0.5, 0.6) is 5.88 Å². The normalized spacial score (nSPS) is 18.2. The Kier molecular flexibility index (Phi) is 6.58. The van der Waals surface area contributed by atoms with Gasteiger partial charge in [-0.25, -0.2) is 9.78 Å². The predicted molar refractivity (Wildman–Crippen MR) is 138 cm³/mol. The SMILES string of the molecule is CO[C@H]1CC[C@H](n2c(=O)n(C)c3cnc4ccc(-c5ccc(OCCCN(C)C)nc5)cc4c32)C1. The number of rotatable bonds is 8. The number of imidazole rings is 1. The number of pyridine rings is 2. The van der Waals surface area contributed by atoms with E-state index < -0.39 is 0 Å². The lowest BCUT2D eigenvalue weighted by molar-refractivity contribution is 0.106. The van der Waals surface area contributed by atoms with Gasteiger partial charge in [-0.15, -0.1) is 0 Å². The van der Waals surface area contributed by atoms with Crippen LogP contribution in [0.1, 0.15) is 31.7 Å². The summed E-state index contributed by atoms with van der Waals surface area (Å²) in [6, 6.07) is 10.3. The van der Waals surface area contributed by atoms with Gasteiger partial charge in [0.2, 0.25) is 5.88 Å². The maximum Gasteiger partial charge on any atom is 0.329 e. The minimum Gasteiger partial charge on any atom is -0.478 e. The van der Waals surface area contributed by atoms with Crippen molar-refractivity contribution in [2.75, 3.05) is 34.4 Å². The summed E-state index contributed by atoms with van der Waals surface area (Å²) in [4.78, 5) is 24.6. The van der Waals surface area contributed by atoms with Crippen molar-refractivity contribution in [1.82, 2.24) is 24.0 Å². The van der Waals surface area contributed by atoms with Gasteiger partial charge >= 0.3 is 5.69 Å². The highest BCUT2D eigenvalue weighted by Gasteiger charge is 2.29. The molecule has 0 amide bonds. The third-order valence-corrected chi connectivity index (χ3v) is 7.04. The largest absolute Gasteiger partial charge is 0.478 e. The van der Waals surface area contributed by atoms with Crippen LogP contribution in [0.4, 0.5) is 0 Å². The van der Waals surface area contributed by atoms with Crippen LogP contribution in [0.15, 0.2) is 47.5 Å². The third-order valence-electron chi connectivity index (χ3n) is 7.04. The van der Waals surface area contributed by atoms with Crippen molar-refractivity contribution in [3.05, 3.63) is 53.2 Å². The second-order valence-electron chi connectivity index (χ2n) is 9.65. The van der Waals surface area contributed by atoms with Crippen molar-refractivity contribution in [1.29, 1.82) is 0 Å². The van der Waals surface area contributed by atoms with Crippen LogP contribution < -0.4 is 10.4 Å². The van der Waals surface area contributed by atoms with E-state index in [0.29, 0.717) is 12.5 Å². The standard InChI is InChI=1S/C27H33N5O3/c1-30(2)12-5-13-35-25-11-7-19(16-29-25)18-6-10-23-22(14-18)26-24(17-28-23)31(3)27(33)32(26)20-8-9-21(15-20)34-4/h6-7,10-11,14,16-17,20-21H,5,8-9,12-13,15H2,1-4H3/t20-,21-/m0/s1. The molecule has 0 bridgehead atoms. The molecular weight excluding hydrogens is 442 g/mol. The summed E-state index contributed by atoms with van der Waals surface area (Å²) >= 11 is 0. The number of aryl methyl sites for hydroxylation is 1. The lowest BCUT2D eigenvalue weighted by atomic mass is 10.0. The maximum atomic E-state index is 13.3. The Balaban J connectivity index is 1.50. The van der Waals surface area contributed by atoms with Crippen molar-refractivity contribution in [3.8, 4) is 17.0 Å². The molecule has 1 fully saturated rings. The Morgan fingerprint density at radius 3 is 2.63 bits per heavy atom. The van der Waals surface area contributed by atoms with Gasteiger partial charge in [-0.3, -0.25) is 14.1 Å². The zero-order valence-electron chi connectivity index (χ0n) is 20.9. The fraction of sp³-hybridized carbons (Fsp3) is 0.444. The molecule has 0 aliphatic heterocycles. The van der Waals surface area contributed by atoms with Gasteiger partial charge in [0.1, 0.15) is 0 Å². The summed E-state index contributed by atoms with van der Waals surface area (Å²) in [5.41, 5.74) is 4.69. The molecule has 0 spiro atoms. The molecule has 8 heteroatoms. The van der Waals surface area contributed by atoms with E-state index in [2.05, 4.69) is 41.1 Å². The molecule has 1 aliphatic rings. The molecule has 5 rings (SSSR count). The van der Waals surface area contributed by atoms with Crippen LogP contribution in [-0.2, 0) is 11.8 Å². The molecule has 0 N–H and O–H groups in total. The fourth-order valence-electron chi connectivity index (χ4n) is 5.11. The zero-order valence-corrected chi connectivity index (χ0v) is 20.9. The molecule has 1 aromatic carbocycles. The first-order valence-electron chi connectivity index (χ1n) is 12.2. The van der Waals surface area contributed by atoms with Crippen LogP contribution in [0.3, 0.4) is 0 Å². The number of benzene rings is 1. The quantitative estimate of drug-likeness (QED) is 0.359. The number of ether oxygens (including phenoxy) is 2. The summed E-state index contributed by atoms with van der Waals surface area (Å²) in [5, 5.41) is 0.975. The first-order chi connectivity index (χ1) is 17.0. The van der Waals surface area contributed by atoms with Crippen LogP contribution in [0.2, 0.25) is 0 Å². The van der Waals surface area contributed by atoms with Gasteiger partial charge in [-0.2, -0.15) is 0 Å². The van der Waals surface area contributed by atoms with Crippen molar-refractivity contribution in [3.63, 3.8) is 0 Å². The van der Waals surface area contributed by atoms with Gasteiger partial charge in [0.05, 0.1) is 35.5 Å². The Morgan fingerprint density at radius 1 is 1.09 bits per heavy atom. The monoisotopic (exact) mass is 475 g/mol. The average Bonchev–Trinajstić information content (AvgIpc) is 3.44. The van der Waals surface area contributed by atoms with Crippen LogP contribution >= 0.6 is 0 Å². The van der Waals surface area contributed by atoms with Gasteiger partial charge in [0, 0.05) is 50.0 Å². The smallest absolute Gasteiger partial charge is 0.329 e. The van der Waals surface area contributed by atoms with E-state index in [-0.39, 0.29) is 17.8 Å². The van der Waals surface area contributed by atoms with Crippen molar-refractivity contribution in [2.45, 2.75) is 37.8 Å².